The smallest absolute Gasteiger partial charge is 0.201 e. The fraction of sp³-hybridized carbons (Fsp3) is 0.360. The SMILES string of the molecule is CN1CCN(CCCCN/C=C/S(=O)(=O)c2ccc3ncnc(Nc4ccc(F)c(Cl)c4)c3c2)CC1. The Kier molecular flexibility index (Phi) is 8.73. The molecule has 1 aromatic heterocycles. The van der Waals surface area contributed by atoms with Crippen LogP contribution in [-0.2, 0) is 9.84 Å². The molecule has 192 valence electrons. The van der Waals surface area contributed by atoms with E-state index < -0.39 is 15.7 Å². The third-order valence-electron chi connectivity index (χ3n) is 6.12. The van der Waals surface area contributed by atoms with Crippen LogP contribution in [0.3, 0.4) is 0 Å². The number of aromatic nitrogens is 2. The van der Waals surface area contributed by atoms with Gasteiger partial charge in [0.05, 0.1) is 20.8 Å². The van der Waals surface area contributed by atoms with Gasteiger partial charge in [0.25, 0.3) is 0 Å². The van der Waals surface area contributed by atoms with E-state index in [1.807, 2.05) is 0 Å². The summed E-state index contributed by atoms with van der Waals surface area (Å²) >= 11 is 5.87. The van der Waals surface area contributed by atoms with E-state index in [4.69, 9.17) is 11.6 Å². The van der Waals surface area contributed by atoms with Gasteiger partial charge in [0, 0.05) is 50.0 Å². The number of sulfone groups is 1. The van der Waals surface area contributed by atoms with Crippen molar-refractivity contribution in [1.29, 1.82) is 0 Å². The molecule has 0 amide bonds. The minimum Gasteiger partial charge on any atom is -0.390 e. The summed E-state index contributed by atoms with van der Waals surface area (Å²) in [4.78, 5) is 13.4. The molecule has 4 rings (SSSR count). The van der Waals surface area contributed by atoms with E-state index in [-0.39, 0.29) is 9.92 Å². The van der Waals surface area contributed by atoms with E-state index in [0.717, 1.165) is 45.6 Å². The Morgan fingerprint density at radius 2 is 1.89 bits per heavy atom. The molecule has 0 radical (unpaired) electrons. The molecule has 0 atom stereocenters. The van der Waals surface area contributed by atoms with Gasteiger partial charge in [0.2, 0.25) is 9.84 Å². The van der Waals surface area contributed by atoms with E-state index in [1.54, 1.807) is 6.07 Å². The molecule has 8 nitrogen and oxygen atoms in total. The van der Waals surface area contributed by atoms with Crippen molar-refractivity contribution in [3.63, 3.8) is 0 Å². The van der Waals surface area contributed by atoms with Crippen LogP contribution in [0.4, 0.5) is 15.9 Å². The molecule has 1 saturated heterocycles. The lowest BCUT2D eigenvalue weighted by Crippen LogP contribution is -2.44. The van der Waals surface area contributed by atoms with E-state index in [1.165, 1.54) is 48.3 Å². The molecule has 2 aromatic carbocycles. The number of hydrogen-bond acceptors (Lipinski definition) is 8. The molecule has 0 saturated carbocycles. The number of benzene rings is 2. The van der Waals surface area contributed by atoms with Crippen LogP contribution in [0.25, 0.3) is 10.9 Å². The van der Waals surface area contributed by atoms with Crippen molar-refractivity contribution in [3.05, 3.63) is 65.2 Å². The zero-order valence-corrected chi connectivity index (χ0v) is 21.7. The van der Waals surface area contributed by atoms with Crippen molar-refractivity contribution in [2.45, 2.75) is 17.7 Å². The normalized spacial score (nSPS) is 15.5. The molecular formula is C25H30ClFN6O2S. The number of piperazine rings is 1. The van der Waals surface area contributed by atoms with Gasteiger partial charge in [-0.2, -0.15) is 0 Å². The summed E-state index contributed by atoms with van der Waals surface area (Å²) in [6.45, 7) is 6.20. The number of nitrogens with one attached hydrogen (secondary N) is 2. The molecule has 0 spiro atoms. The molecular weight excluding hydrogens is 503 g/mol. The molecule has 2 N–H and O–H groups in total. The third kappa shape index (κ3) is 6.91. The Morgan fingerprint density at radius 3 is 2.67 bits per heavy atom. The first-order valence-corrected chi connectivity index (χ1v) is 13.8. The van der Waals surface area contributed by atoms with Crippen molar-refractivity contribution in [2.75, 3.05) is 51.6 Å². The van der Waals surface area contributed by atoms with Gasteiger partial charge in [-0.05, 0) is 62.8 Å². The quantitative estimate of drug-likeness (QED) is 0.378. The second kappa shape index (κ2) is 12.0. The Balaban J connectivity index is 1.36. The van der Waals surface area contributed by atoms with Gasteiger partial charge in [-0.3, -0.25) is 0 Å². The second-order valence-electron chi connectivity index (χ2n) is 8.81. The average Bonchev–Trinajstić information content (AvgIpc) is 2.86. The Morgan fingerprint density at radius 1 is 1.08 bits per heavy atom. The highest BCUT2D eigenvalue weighted by Crippen LogP contribution is 2.28. The van der Waals surface area contributed by atoms with Gasteiger partial charge in [-0.25, -0.2) is 22.8 Å². The van der Waals surface area contributed by atoms with E-state index in [2.05, 4.69) is 37.4 Å². The van der Waals surface area contributed by atoms with Gasteiger partial charge in [0.1, 0.15) is 18.0 Å². The second-order valence-corrected chi connectivity index (χ2v) is 11.0. The maximum atomic E-state index is 13.5. The van der Waals surface area contributed by atoms with Crippen molar-refractivity contribution in [3.8, 4) is 0 Å². The molecule has 3 aromatic rings. The molecule has 1 aliphatic heterocycles. The van der Waals surface area contributed by atoms with Gasteiger partial charge < -0.3 is 20.4 Å². The highest BCUT2D eigenvalue weighted by atomic mass is 35.5. The Labute approximate surface area is 216 Å². The van der Waals surface area contributed by atoms with E-state index in [9.17, 15) is 12.8 Å². The van der Waals surface area contributed by atoms with Crippen molar-refractivity contribution < 1.29 is 12.8 Å². The standard InChI is InChI=1S/C25H30ClFN6O2S/c1-32-11-13-33(14-12-32)10-3-2-8-28-9-15-36(34,35)20-5-7-24-21(17-20)25(30-18-29-24)31-19-4-6-23(27)22(26)16-19/h4-7,9,15-18,28H,2-3,8,10-14H2,1H3,(H,29,30,31)/b15-9+. The van der Waals surface area contributed by atoms with Crippen molar-refractivity contribution >= 4 is 43.8 Å². The third-order valence-corrected chi connectivity index (χ3v) is 7.82. The number of anilines is 2. The van der Waals surface area contributed by atoms with Gasteiger partial charge in [-0.1, -0.05) is 11.6 Å². The monoisotopic (exact) mass is 532 g/mol. The van der Waals surface area contributed by atoms with Crippen LogP contribution in [0.15, 0.2) is 59.2 Å². The topological polar surface area (TPSA) is 90.5 Å². The number of halogens is 2. The summed E-state index contributed by atoms with van der Waals surface area (Å²) in [6.07, 6.45) is 4.89. The first-order chi connectivity index (χ1) is 17.3. The minimum atomic E-state index is -3.68. The molecule has 0 bridgehead atoms. The summed E-state index contributed by atoms with van der Waals surface area (Å²) in [5.74, 6) is -0.138. The highest BCUT2D eigenvalue weighted by molar-refractivity contribution is 7.94. The molecule has 1 fully saturated rings. The van der Waals surface area contributed by atoms with Gasteiger partial charge in [0.15, 0.2) is 0 Å². The number of nitrogens with zero attached hydrogens (tertiary/aromatic N) is 4. The summed E-state index contributed by atoms with van der Waals surface area (Å²) in [7, 11) is -1.53. The number of rotatable bonds is 10. The van der Waals surface area contributed by atoms with Crippen molar-refractivity contribution in [2.24, 2.45) is 0 Å². The van der Waals surface area contributed by atoms with Crippen LogP contribution >= 0.6 is 11.6 Å². The Hall–Kier alpha value is -2.79. The number of likely N-dealkylation sites (N-methyl/N-ethyl adjacent to an activating group) is 1. The molecule has 1 aliphatic rings. The lowest BCUT2D eigenvalue weighted by molar-refractivity contribution is 0.152. The van der Waals surface area contributed by atoms with E-state index in [0.29, 0.717) is 29.0 Å². The first-order valence-electron chi connectivity index (χ1n) is 11.8. The number of unbranched alkanes of at least 4 members (excludes halogenated alkanes) is 1. The van der Waals surface area contributed by atoms with Crippen LogP contribution in [0.2, 0.25) is 5.02 Å². The highest BCUT2D eigenvalue weighted by Gasteiger charge is 2.15. The lowest BCUT2D eigenvalue weighted by atomic mass is 10.2. The van der Waals surface area contributed by atoms with Crippen LogP contribution < -0.4 is 10.6 Å². The van der Waals surface area contributed by atoms with Crippen LogP contribution in [0.5, 0.6) is 0 Å². The Bertz CT molecular complexity index is 1330. The molecule has 11 heteroatoms. The summed E-state index contributed by atoms with van der Waals surface area (Å²) in [5.41, 5.74) is 1.09. The fourth-order valence-corrected chi connectivity index (χ4v) is 5.11. The maximum Gasteiger partial charge on any atom is 0.201 e. The average molecular weight is 533 g/mol. The summed E-state index contributed by atoms with van der Waals surface area (Å²) in [6, 6.07) is 8.88. The molecule has 2 heterocycles. The van der Waals surface area contributed by atoms with Crippen LogP contribution in [0.1, 0.15) is 12.8 Å². The lowest BCUT2D eigenvalue weighted by Gasteiger charge is -2.32. The predicted molar refractivity (Wildman–Crippen MR) is 142 cm³/mol. The minimum absolute atomic E-state index is 0.0291. The van der Waals surface area contributed by atoms with Gasteiger partial charge >= 0.3 is 0 Å². The molecule has 0 unspecified atom stereocenters. The summed E-state index contributed by atoms with van der Waals surface area (Å²) in [5, 5.41) is 7.80. The first kappa shape index (κ1) is 26.3. The van der Waals surface area contributed by atoms with Crippen molar-refractivity contribution in [1.82, 2.24) is 25.1 Å². The molecule has 36 heavy (non-hydrogen) atoms. The summed E-state index contributed by atoms with van der Waals surface area (Å²) < 4.78 is 39.3. The molecule has 0 aliphatic carbocycles. The van der Waals surface area contributed by atoms with Gasteiger partial charge in [-0.15, -0.1) is 0 Å². The predicted octanol–water partition coefficient (Wildman–Crippen LogP) is 4.03. The zero-order valence-electron chi connectivity index (χ0n) is 20.1. The number of hydrogen-bond donors (Lipinski definition) is 2. The van der Waals surface area contributed by atoms with Crippen LogP contribution in [-0.4, -0.2) is 74.5 Å². The maximum absolute atomic E-state index is 13.5. The zero-order chi connectivity index (χ0) is 25.5. The number of fused-ring (bicyclic) bond motifs is 1. The largest absolute Gasteiger partial charge is 0.390 e. The van der Waals surface area contributed by atoms with E-state index >= 15 is 0 Å². The fourth-order valence-electron chi connectivity index (χ4n) is 3.96. The van der Waals surface area contributed by atoms with Crippen LogP contribution in [0, 0.1) is 5.82 Å².